The average molecular weight is 208 g/mol. The SMILES string of the molecule is CC1CCC(CNCC(C)(C)C#N)CC1. The fraction of sp³-hybridized carbons (Fsp3) is 0.923. The van der Waals surface area contributed by atoms with Crippen LogP contribution >= 0.6 is 0 Å². The van der Waals surface area contributed by atoms with Gasteiger partial charge in [0.2, 0.25) is 0 Å². The fourth-order valence-electron chi connectivity index (χ4n) is 2.16. The van der Waals surface area contributed by atoms with Gasteiger partial charge >= 0.3 is 0 Å². The molecule has 1 fully saturated rings. The van der Waals surface area contributed by atoms with Gasteiger partial charge in [-0.05, 0) is 45.1 Å². The van der Waals surface area contributed by atoms with E-state index in [1.165, 1.54) is 25.7 Å². The first-order chi connectivity index (χ1) is 7.03. The first-order valence-corrected chi connectivity index (χ1v) is 6.15. The van der Waals surface area contributed by atoms with Gasteiger partial charge in [-0.2, -0.15) is 5.26 Å². The van der Waals surface area contributed by atoms with Gasteiger partial charge in [0.15, 0.2) is 0 Å². The van der Waals surface area contributed by atoms with Crippen LogP contribution < -0.4 is 5.32 Å². The summed E-state index contributed by atoms with van der Waals surface area (Å²) in [6.07, 6.45) is 5.49. The summed E-state index contributed by atoms with van der Waals surface area (Å²) in [6.45, 7) is 8.24. The van der Waals surface area contributed by atoms with Crippen LogP contribution in [-0.2, 0) is 0 Å². The minimum atomic E-state index is -0.220. The van der Waals surface area contributed by atoms with E-state index in [2.05, 4.69) is 18.3 Å². The molecular weight excluding hydrogens is 184 g/mol. The quantitative estimate of drug-likeness (QED) is 0.771. The van der Waals surface area contributed by atoms with Crippen molar-refractivity contribution in [2.45, 2.75) is 46.5 Å². The van der Waals surface area contributed by atoms with E-state index >= 15 is 0 Å². The molecule has 0 spiro atoms. The number of hydrogen-bond donors (Lipinski definition) is 1. The first kappa shape index (κ1) is 12.5. The zero-order valence-corrected chi connectivity index (χ0v) is 10.3. The monoisotopic (exact) mass is 208 g/mol. The Kier molecular flexibility index (Phi) is 4.60. The first-order valence-electron chi connectivity index (χ1n) is 6.15. The van der Waals surface area contributed by atoms with Gasteiger partial charge in [-0.3, -0.25) is 0 Å². The summed E-state index contributed by atoms with van der Waals surface area (Å²) < 4.78 is 0. The van der Waals surface area contributed by atoms with Crippen molar-refractivity contribution in [1.82, 2.24) is 5.32 Å². The molecule has 0 radical (unpaired) electrons. The van der Waals surface area contributed by atoms with Crippen LogP contribution in [0.4, 0.5) is 0 Å². The third-order valence-electron chi connectivity index (χ3n) is 3.44. The summed E-state index contributed by atoms with van der Waals surface area (Å²) in [5.74, 6) is 1.77. The Morgan fingerprint density at radius 3 is 2.40 bits per heavy atom. The van der Waals surface area contributed by atoms with E-state index in [0.29, 0.717) is 0 Å². The number of nitrogens with zero attached hydrogens (tertiary/aromatic N) is 1. The van der Waals surface area contributed by atoms with Crippen molar-refractivity contribution < 1.29 is 0 Å². The molecule has 1 aliphatic rings. The van der Waals surface area contributed by atoms with Crippen molar-refractivity contribution in [1.29, 1.82) is 5.26 Å². The number of nitrogens with one attached hydrogen (secondary N) is 1. The van der Waals surface area contributed by atoms with Gasteiger partial charge in [-0.25, -0.2) is 0 Å². The van der Waals surface area contributed by atoms with Gasteiger partial charge in [-0.15, -0.1) is 0 Å². The summed E-state index contributed by atoms with van der Waals surface area (Å²) in [4.78, 5) is 0. The second-order valence-electron chi connectivity index (χ2n) is 5.75. The molecule has 0 atom stereocenters. The Morgan fingerprint density at radius 1 is 1.27 bits per heavy atom. The van der Waals surface area contributed by atoms with E-state index in [1.54, 1.807) is 0 Å². The lowest BCUT2D eigenvalue weighted by atomic mass is 9.83. The van der Waals surface area contributed by atoms with Crippen molar-refractivity contribution in [3.63, 3.8) is 0 Å². The normalized spacial score (nSPS) is 27.3. The van der Waals surface area contributed by atoms with E-state index in [0.717, 1.165) is 24.9 Å². The van der Waals surface area contributed by atoms with Crippen LogP contribution in [0.5, 0.6) is 0 Å². The maximum absolute atomic E-state index is 8.88. The average Bonchev–Trinajstić information content (AvgIpc) is 2.21. The maximum Gasteiger partial charge on any atom is 0.0697 e. The van der Waals surface area contributed by atoms with Gasteiger partial charge in [0.1, 0.15) is 0 Å². The molecule has 1 N–H and O–H groups in total. The third-order valence-corrected chi connectivity index (χ3v) is 3.44. The standard InChI is InChI=1S/C13H24N2/c1-11-4-6-12(7-5-11)8-15-10-13(2,3)9-14/h11-12,15H,4-8,10H2,1-3H3. The Bertz CT molecular complexity index is 219. The van der Waals surface area contributed by atoms with E-state index in [4.69, 9.17) is 5.26 Å². The highest BCUT2D eigenvalue weighted by atomic mass is 14.9. The molecule has 2 nitrogen and oxygen atoms in total. The van der Waals surface area contributed by atoms with E-state index in [1.807, 2.05) is 13.8 Å². The smallest absolute Gasteiger partial charge is 0.0697 e. The second-order valence-corrected chi connectivity index (χ2v) is 5.75. The topological polar surface area (TPSA) is 35.8 Å². The molecule has 0 unspecified atom stereocenters. The molecule has 0 aromatic rings. The molecule has 1 rings (SSSR count). The molecule has 86 valence electrons. The van der Waals surface area contributed by atoms with E-state index in [-0.39, 0.29) is 5.41 Å². The van der Waals surface area contributed by atoms with Gasteiger partial charge < -0.3 is 5.32 Å². The van der Waals surface area contributed by atoms with Crippen molar-refractivity contribution in [3.8, 4) is 6.07 Å². The molecule has 0 amide bonds. The Hall–Kier alpha value is -0.550. The fourth-order valence-corrected chi connectivity index (χ4v) is 2.16. The van der Waals surface area contributed by atoms with Crippen molar-refractivity contribution >= 4 is 0 Å². The Balaban J connectivity index is 2.14. The van der Waals surface area contributed by atoms with Crippen molar-refractivity contribution in [3.05, 3.63) is 0 Å². The lowest BCUT2D eigenvalue weighted by Gasteiger charge is -2.27. The third kappa shape index (κ3) is 4.66. The van der Waals surface area contributed by atoms with E-state index in [9.17, 15) is 0 Å². The molecule has 0 aromatic carbocycles. The molecule has 0 aromatic heterocycles. The van der Waals surface area contributed by atoms with Gasteiger partial charge in [0.05, 0.1) is 11.5 Å². The molecule has 1 aliphatic carbocycles. The number of nitriles is 1. The molecular formula is C13H24N2. The second kappa shape index (κ2) is 5.51. The summed E-state index contributed by atoms with van der Waals surface area (Å²) in [6, 6.07) is 2.32. The van der Waals surface area contributed by atoms with Crippen molar-refractivity contribution in [2.24, 2.45) is 17.3 Å². The highest BCUT2D eigenvalue weighted by Crippen LogP contribution is 2.27. The highest BCUT2D eigenvalue weighted by molar-refractivity contribution is 4.93. The van der Waals surface area contributed by atoms with Crippen LogP contribution in [0.3, 0.4) is 0 Å². The van der Waals surface area contributed by atoms with Crippen LogP contribution in [0.2, 0.25) is 0 Å². The molecule has 1 saturated carbocycles. The van der Waals surface area contributed by atoms with Crippen LogP contribution in [0.15, 0.2) is 0 Å². The maximum atomic E-state index is 8.88. The van der Waals surface area contributed by atoms with Gasteiger partial charge in [0.25, 0.3) is 0 Å². The lowest BCUT2D eigenvalue weighted by molar-refractivity contribution is 0.275. The van der Waals surface area contributed by atoms with Crippen LogP contribution in [0, 0.1) is 28.6 Å². The molecule has 0 heterocycles. The zero-order valence-electron chi connectivity index (χ0n) is 10.3. The summed E-state index contributed by atoms with van der Waals surface area (Å²) in [5.41, 5.74) is -0.220. The predicted molar refractivity (Wildman–Crippen MR) is 63.4 cm³/mol. The molecule has 2 heteroatoms. The summed E-state index contributed by atoms with van der Waals surface area (Å²) in [5, 5.41) is 12.3. The van der Waals surface area contributed by atoms with Gasteiger partial charge in [-0.1, -0.05) is 19.8 Å². The van der Waals surface area contributed by atoms with Crippen LogP contribution in [0.1, 0.15) is 46.5 Å². The number of rotatable bonds is 4. The van der Waals surface area contributed by atoms with Crippen LogP contribution in [0.25, 0.3) is 0 Å². The summed E-state index contributed by atoms with van der Waals surface area (Å²) in [7, 11) is 0. The highest BCUT2D eigenvalue weighted by Gasteiger charge is 2.20. The molecule has 0 aliphatic heterocycles. The predicted octanol–water partition coefficient (Wildman–Crippen LogP) is 2.95. The summed E-state index contributed by atoms with van der Waals surface area (Å²) >= 11 is 0. The minimum Gasteiger partial charge on any atom is -0.315 e. The minimum absolute atomic E-state index is 0.220. The molecule has 15 heavy (non-hydrogen) atoms. The van der Waals surface area contributed by atoms with Crippen molar-refractivity contribution in [2.75, 3.05) is 13.1 Å². The number of hydrogen-bond acceptors (Lipinski definition) is 2. The largest absolute Gasteiger partial charge is 0.315 e. The van der Waals surface area contributed by atoms with Crippen LogP contribution in [-0.4, -0.2) is 13.1 Å². The Labute approximate surface area is 94.1 Å². The van der Waals surface area contributed by atoms with E-state index < -0.39 is 0 Å². The molecule has 0 bridgehead atoms. The molecule has 0 saturated heterocycles. The Morgan fingerprint density at radius 2 is 1.87 bits per heavy atom. The lowest BCUT2D eigenvalue weighted by Crippen LogP contribution is -2.33. The van der Waals surface area contributed by atoms with Gasteiger partial charge in [0, 0.05) is 6.54 Å². The zero-order chi connectivity index (χ0) is 11.3.